The third kappa shape index (κ3) is 4.50. The lowest BCUT2D eigenvalue weighted by Gasteiger charge is -2.28. The van der Waals surface area contributed by atoms with Gasteiger partial charge in [0.25, 0.3) is 5.91 Å². The topological polar surface area (TPSA) is 92.9 Å². The maximum Gasteiger partial charge on any atom is 0.270 e. The zero-order chi connectivity index (χ0) is 22.8. The number of aryl methyl sites for hydroxylation is 1. The number of fused-ring (bicyclic) bond motifs is 1. The number of rotatable bonds is 5. The summed E-state index contributed by atoms with van der Waals surface area (Å²) >= 11 is 0. The molecule has 0 unspecified atom stereocenters. The molecule has 3 heterocycles. The van der Waals surface area contributed by atoms with Crippen molar-refractivity contribution in [3.8, 4) is 11.4 Å². The van der Waals surface area contributed by atoms with E-state index in [4.69, 9.17) is 0 Å². The number of carbonyl (C=O) groups excluding carboxylic acids is 1. The molecular weight excluding hydrogens is 414 g/mol. The van der Waals surface area contributed by atoms with Crippen molar-refractivity contribution in [3.63, 3.8) is 0 Å². The van der Waals surface area contributed by atoms with Crippen LogP contribution in [0.3, 0.4) is 0 Å². The van der Waals surface area contributed by atoms with Crippen molar-refractivity contribution in [1.82, 2.24) is 24.8 Å². The second kappa shape index (κ2) is 9.11. The van der Waals surface area contributed by atoms with Gasteiger partial charge in [0.15, 0.2) is 0 Å². The van der Waals surface area contributed by atoms with Crippen molar-refractivity contribution in [2.75, 3.05) is 0 Å². The van der Waals surface area contributed by atoms with Crippen molar-refractivity contribution >= 4 is 16.8 Å². The Morgan fingerprint density at radius 2 is 2.00 bits per heavy atom. The number of aliphatic hydroxyl groups is 1. The number of aliphatic hydroxyl groups excluding tert-OH is 1. The molecule has 0 bridgehead atoms. The fourth-order valence-corrected chi connectivity index (χ4v) is 4.54. The Bertz CT molecular complexity index is 1280. The van der Waals surface area contributed by atoms with Crippen LogP contribution < -0.4 is 5.32 Å². The van der Waals surface area contributed by atoms with Crippen LogP contribution in [0.15, 0.2) is 61.2 Å². The lowest BCUT2D eigenvalue weighted by molar-refractivity contribution is 0.0714. The van der Waals surface area contributed by atoms with Crippen molar-refractivity contribution in [3.05, 3.63) is 78.0 Å². The van der Waals surface area contributed by atoms with Gasteiger partial charge in [0, 0.05) is 18.6 Å². The highest BCUT2D eigenvalue weighted by atomic mass is 16.3. The van der Waals surface area contributed by atoms with Gasteiger partial charge in [-0.25, -0.2) is 9.97 Å². The first-order chi connectivity index (χ1) is 16.1. The molecule has 0 aliphatic heterocycles. The molecule has 1 fully saturated rings. The summed E-state index contributed by atoms with van der Waals surface area (Å²) in [5.74, 6) is -0.238. The summed E-state index contributed by atoms with van der Waals surface area (Å²) in [7, 11) is 1.94. The Kier molecular flexibility index (Phi) is 5.88. The summed E-state index contributed by atoms with van der Waals surface area (Å²) in [6.07, 6.45) is 9.10. The fourth-order valence-electron chi connectivity index (χ4n) is 4.54. The van der Waals surface area contributed by atoms with Gasteiger partial charge in [0.1, 0.15) is 5.69 Å². The molecule has 168 valence electrons. The molecule has 2 atom stereocenters. The minimum absolute atomic E-state index is 0.216. The van der Waals surface area contributed by atoms with E-state index in [0.717, 1.165) is 59.1 Å². The molecule has 3 aromatic heterocycles. The van der Waals surface area contributed by atoms with Gasteiger partial charge in [-0.1, -0.05) is 37.1 Å². The molecule has 5 rings (SSSR count). The second-order valence-electron chi connectivity index (χ2n) is 8.73. The molecule has 7 heteroatoms. The first-order valence-electron chi connectivity index (χ1n) is 11.4. The highest BCUT2D eigenvalue weighted by molar-refractivity contribution is 5.96. The van der Waals surface area contributed by atoms with E-state index in [-0.39, 0.29) is 11.9 Å². The molecule has 33 heavy (non-hydrogen) atoms. The number of hydrogen-bond acceptors (Lipinski definition) is 5. The summed E-state index contributed by atoms with van der Waals surface area (Å²) in [5, 5.41) is 14.3. The highest BCUT2D eigenvalue weighted by Crippen LogP contribution is 2.24. The molecule has 4 aromatic rings. The maximum absolute atomic E-state index is 13.0. The zero-order valence-electron chi connectivity index (χ0n) is 18.6. The molecular formula is C26H27N5O2. The van der Waals surface area contributed by atoms with Gasteiger partial charge in [0.2, 0.25) is 0 Å². The van der Waals surface area contributed by atoms with Crippen LogP contribution in [0.4, 0.5) is 0 Å². The van der Waals surface area contributed by atoms with Crippen molar-refractivity contribution in [2.24, 2.45) is 7.05 Å². The van der Waals surface area contributed by atoms with Crippen LogP contribution in [0.2, 0.25) is 0 Å². The minimum atomic E-state index is -0.494. The predicted octanol–water partition coefficient (Wildman–Crippen LogP) is 3.65. The van der Waals surface area contributed by atoms with Gasteiger partial charge in [-0.05, 0) is 48.6 Å². The van der Waals surface area contributed by atoms with Crippen LogP contribution >= 0.6 is 0 Å². The summed E-state index contributed by atoms with van der Waals surface area (Å²) in [5.41, 5.74) is 5.05. The van der Waals surface area contributed by atoms with Gasteiger partial charge in [-0.2, -0.15) is 0 Å². The lowest BCUT2D eigenvalue weighted by Crippen LogP contribution is -2.45. The molecule has 0 spiro atoms. The zero-order valence-corrected chi connectivity index (χ0v) is 18.6. The normalized spacial score (nSPS) is 18.4. The van der Waals surface area contributed by atoms with E-state index in [2.05, 4.69) is 26.3 Å². The van der Waals surface area contributed by atoms with Crippen LogP contribution in [0.25, 0.3) is 22.3 Å². The molecule has 0 radical (unpaired) electrons. The summed E-state index contributed by atoms with van der Waals surface area (Å²) < 4.78 is 1.94. The van der Waals surface area contributed by atoms with E-state index < -0.39 is 6.10 Å². The number of amides is 1. The Balaban J connectivity index is 1.42. The fraction of sp³-hybridized carbons (Fsp3) is 0.308. The maximum atomic E-state index is 13.0. The highest BCUT2D eigenvalue weighted by Gasteiger charge is 2.25. The quantitative estimate of drug-likeness (QED) is 0.493. The van der Waals surface area contributed by atoms with Gasteiger partial charge < -0.3 is 15.0 Å². The molecule has 2 N–H and O–H groups in total. The molecule has 1 saturated carbocycles. The number of aromatic nitrogens is 4. The molecule has 7 nitrogen and oxygen atoms in total. The van der Waals surface area contributed by atoms with Gasteiger partial charge in [0.05, 0.1) is 41.6 Å². The van der Waals surface area contributed by atoms with Gasteiger partial charge in [-0.15, -0.1) is 0 Å². The second-order valence-corrected chi connectivity index (χ2v) is 8.73. The Labute approximate surface area is 192 Å². The third-order valence-corrected chi connectivity index (χ3v) is 6.38. The Morgan fingerprint density at radius 3 is 2.76 bits per heavy atom. The van der Waals surface area contributed by atoms with Crippen LogP contribution in [-0.2, 0) is 13.5 Å². The first-order valence-corrected chi connectivity index (χ1v) is 11.4. The monoisotopic (exact) mass is 441 g/mol. The first kappa shape index (κ1) is 21.3. The number of carbonyl (C=O) groups is 1. The number of imidazole rings is 1. The minimum Gasteiger partial charge on any atom is -0.391 e. The van der Waals surface area contributed by atoms with Crippen LogP contribution in [0, 0.1) is 0 Å². The average molecular weight is 442 g/mol. The number of nitrogens with zero attached hydrogens (tertiary/aromatic N) is 4. The standard InChI is InChI=1S/C26H27N5O2/c1-31-16-27-15-24(31)21-11-10-17(14-28-21)12-18-13-23(29-20-7-3-2-6-19(18)20)26(33)30-22-8-4-5-9-25(22)32/h2-3,6-7,10-11,13-16,22,25,32H,4-5,8-9,12H2,1H3,(H,30,33)/t22-,25-/m0/s1. The van der Waals surface area contributed by atoms with E-state index in [1.165, 1.54) is 0 Å². The Morgan fingerprint density at radius 1 is 1.15 bits per heavy atom. The van der Waals surface area contributed by atoms with Gasteiger partial charge >= 0.3 is 0 Å². The van der Waals surface area contributed by atoms with Crippen molar-refractivity contribution in [2.45, 2.75) is 44.2 Å². The van der Waals surface area contributed by atoms with Crippen LogP contribution in [0.5, 0.6) is 0 Å². The van der Waals surface area contributed by atoms with E-state index in [9.17, 15) is 9.90 Å². The third-order valence-electron chi connectivity index (χ3n) is 6.38. The number of para-hydroxylation sites is 1. The summed E-state index contributed by atoms with van der Waals surface area (Å²) in [6.45, 7) is 0. The molecule has 1 aliphatic carbocycles. The van der Waals surface area contributed by atoms with E-state index in [1.807, 2.05) is 54.2 Å². The largest absolute Gasteiger partial charge is 0.391 e. The Hall–Kier alpha value is -3.58. The van der Waals surface area contributed by atoms with Crippen LogP contribution in [0.1, 0.15) is 47.3 Å². The average Bonchev–Trinajstić information content (AvgIpc) is 3.26. The molecule has 1 aromatic carbocycles. The summed E-state index contributed by atoms with van der Waals surface area (Å²) in [4.78, 5) is 26.4. The smallest absolute Gasteiger partial charge is 0.270 e. The molecule has 1 amide bonds. The predicted molar refractivity (Wildman–Crippen MR) is 127 cm³/mol. The SMILES string of the molecule is Cn1cncc1-c1ccc(Cc2cc(C(=O)N[C@H]3CCCC[C@@H]3O)nc3ccccc23)cn1. The lowest BCUT2D eigenvalue weighted by atomic mass is 9.92. The number of pyridine rings is 2. The van der Waals surface area contributed by atoms with Crippen LogP contribution in [-0.4, -0.2) is 42.7 Å². The van der Waals surface area contributed by atoms with Crippen molar-refractivity contribution < 1.29 is 9.90 Å². The van der Waals surface area contributed by atoms with E-state index in [1.54, 1.807) is 12.5 Å². The number of nitrogens with one attached hydrogen (secondary N) is 1. The molecule has 1 aliphatic rings. The van der Waals surface area contributed by atoms with E-state index in [0.29, 0.717) is 12.1 Å². The van der Waals surface area contributed by atoms with Crippen molar-refractivity contribution in [1.29, 1.82) is 0 Å². The molecule has 0 saturated heterocycles. The van der Waals surface area contributed by atoms with Gasteiger partial charge in [-0.3, -0.25) is 9.78 Å². The van der Waals surface area contributed by atoms with E-state index >= 15 is 0 Å². The number of benzene rings is 1. The number of hydrogen-bond donors (Lipinski definition) is 2. The summed E-state index contributed by atoms with van der Waals surface area (Å²) in [6, 6.07) is 13.6.